The molecule has 4 aromatic rings. The van der Waals surface area contributed by atoms with Crippen molar-refractivity contribution in [1.29, 1.82) is 0 Å². The number of aryl methyl sites for hydroxylation is 1. The number of sulfone groups is 1. The second-order valence-electron chi connectivity index (χ2n) is 18.3. The zero-order chi connectivity index (χ0) is 46.0. The fourth-order valence-corrected chi connectivity index (χ4v) is 10.7. The molecule has 4 N–H and O–H groups in total. The van der Waals surface area contributed by atoms with E-state index < -0.39 is 21.1 Å². The monoisotopic (exact) mass is 925 g/mol. The molecule has 4 fully saturated rings. The number of likely N-dealkylation sites (tertiary alicyclic amines) is 2. The Morgan fingerprint density at radius 2 is 1.60 bits per heavy atom. The molecular weight excluding hydrogens is 866 g/mol. The van der Waals surface area contributed by atoms with E-state index >= 15 is 0 Å². The summed E-state index contributed by atoms with van der Waals surface area (Å²) in [5.74, 6) is 1.41. The highest BCUT2D eigenvalue weighted by Crippen LogP contribution is 2.40. The maximum atomic E-state index is 13.6. The van der Waals surface area contributed by atoms with Gasteiger partial charge in [-0.25, -0.2) is 13.4 Å². The first kappa shape index (κ1) is 46.1. The number of nitrogens with one attached hydrogen (secondary N) is 4. The van der Waals surface area contributed by atoms with Crippen LogP contribution in [0.1, 0.15) is 83.3 Å². The second kappa shape index (κ2) is 19.6. The number of piperidine rings is 3. The van der Waals surface area contributed by atoms with Gasteiger partial charge in [0.2, 0.25) is 23.7 Å². The van der Waals surface area contributed by atoms with E-state index in [4.69, 9.17) is 16.3 Å². The molecule has 4 aliphatic heterocycles. The van der Waals surface area contributed by atoms with Gasteiger partial charge >= 0.3 is 0 Å². The number of para-hydroxylation sites is 1. The number of hydrogen-bond acceptors (Lipinski definition) is 13. The van der Waals surface area contributed by atoms with Gasteiger partial charge in [-0.1, -0.05) is 23.7 Å². The average molecular weight is 927 g/mol. The number of imide groups is 1. The molecule has 346 valence electrons. The minimum Gasteiger partial charge on any atom is -0.489 e. The molecule has 65 heavy (non-hydrogen) atoms. The summed E-state index contributed by atoms with van der Waals surface area (Å²) >= 11 is 6.53. The van der Waals surface area contributed by atoms with E-state index in [1.165, 1.54) is 11.8 Å². The first-order valence-corrected chi connectivity index (χ1v) is 24.7. The Bertz CT molecular complexity index is 2500. The number of ether oxygens (including phenoxy) is 1. The van der Waals surface area contributed by atoms with Crippen molar-refractivity contribution in [2.75, 3.05) is 60.1 Å². The summed E-state index contributed by atoms with van der Waals surface area (Å²) in [6.07, 6.45) is 5.88. The van der Waals surface area contributed by atoms with Crippen LogP contribution < -0.4 is 30.9 Å². The third-order valence-electron chi connectivity index (χ3n) is 13.1. The van der Waals surface area contributed by atoms with Crippen molar-refractivity contribution in [1.82, 2.24) is 25.1 Å². The van der Waals surface area contributed by atoms with Gasteiger partial charge in [0, 0.05) is 55.9 Å². The summed E-state index contributed by atoms with van der Waals surface area (Å²) in [6, 6.07) is 18.9. The third-order valence-corrected chi connectivity index (χ3v) is 15.6. The van der Waals surface area contributed by atoms with Crippen LogP contribution in [0.15, 0.2) is 71.8 Å². The highest BCUT2D eigenvalue weighted by molar-refractivity contribution is 7.92. The van der Waals surface area contributed by atoms with Gasteiger partial charge in [0.1, 0.15) is 16.8 Å². The van der Waals surface area contributed by atoms with Crippen LogP contribution in [0.3, 0.4) is 0 Å². The van der Waals surface area contributed by atoms with Crippen molar-refractivity contribution in [2.45, 2.75) is 107 Å². The van der Waals surface area contributed by atoms with E-state index in [1.54, 1.807) is 38.1 Å². The molecular formula is C48H60ClN9O6S. The zero-order valence-electron chi connectivity index (χ0n) is 37.8. The quantitative estimate of drug-likeness (QED) is 0.0920. The number of amides is 3. The molecule has 0 radical (unpaired) electrons. The topological polar surface area (TPSA) is 178 Å². The molecule has 0 bridgehead atoms. The van der Waals surface area contributed by atoms with E-state index in [2.05, 4.69) is 65.0 Å². The molecule has 8 rings (SSSR count). The molecule has 0 spiro atoms. The van der Waals surface area contributed by atoms with Crippen LogP contribution in [-0.2, 0) is 24.2 Å². The number of anilines is 6. The number of rotatable bonds is 14. The molecule has 0 saturated carbocycles. The Morgan fingerprint density at radius 1 is 0.892 bits per heavy atom. The minimum absolute atomic E-state index is 0.0391. The van der Waals surface area contributed by atoms with Gasteiger partial charge in [-0.2, -0.15) is 4.98 Å². The van der Waals surface area contributed by atoms with Gasteiger partial charge in [-0.3, -0.25) is 24.6 Å². The average Bonchev–Trinajstić information content (AvgIpc) is 3.26. The molecule has 15 nitrogen and oxygen atoms in total. The summed E-state index contributed by atoms with van der Waals surface area (Å²) < 4.78 is 32.6. The summed E-state index contributed by atoms with van der Waals surface area (Å²) in [6.45, 7) is 14.5. The first-order valence-electron chi connectivity index (χ1n) is 22.8. The number of halogens is 1. The Labute approximate surface area is 387 Å². The second-order valence-corrected chi connectivity index (χ2v) is 21.1. The van der Waals surface area contributed by atoms with E-state index in [0.717, 1.165) is 81.9 Å². The van der Waals surface area contributed by atoms with Gasteiger partial charge in [0.25, 0.3) is 0 Å². The molecule has 0 aliphatic carbocycles. The predicted molar refractivity (Wildman–Crippen MR) is 254 cm³/mol. The third kappa shape index (κ3) is 10.5. The van der Waals surface area contributed by atoms with Crippen LogP contribution in [0, 0.1) is 12.8 Å². The Kier molecular flexibility index (Phi) is 13.9. The molecule has 5 heterocycles. The lowest BCUT2D eigenvalue weighted by Crippen LogP contribution is -2.63. The fraction of sp³-hybridized carbons (Fsp3) is 0.479. The van der Waals surface area contributed by atoms with Gasteiger partial charge in [0.05, 0.1) is 33.8 Å². The first-order chi connectivity index (χ1) is 31.1. The van der Waals surface area contributed by atoms with Gasteiger partial charge < -0.3 is 30.5 Å². The molecule has 3 amide bonds. The van der Waals surface area contributed by atoms with Crippen LogP contribution in [0.4, 0.5) is 34.5 Å². The maximum absolute atomic E-state index is 13.6. The van der Waals surface area contributed by atoms with Gasteiger partial charge in [-0.05, 0) is 145 Å². The number of carbonyl (C=O) groups is 3. The lowest BCUT2D eigenvalue weighted by atomic mass is 9.85. The molecule has 3 aromatic carbocycles. The number of hydrogen-bond donors (Lipinski definition) is 4. The molecule has 1 unspecified atom stereocenters. The van der Waals surface area contributed by atoms with Crippen molar-refractivity contribution < 1.29 is 27.5 Å². The highest BCUT2D eigenvalue weighted by atomic mass is 35.5. The number of nitrogens with zero attached hydrogens (tertiary/aromatic N) is 5. The fourth-order valence-electron chi connectivity index (χ4n) is 9.31. The zero-order valence-corrected chi connectivity index (χ0v) is 39.3. The Morgan fingerprint density at radius 3 is 2.28 bits per heavy atom. The summed E-state index contributed by atoms with van der Waals surface area (Å²) in [5.41, 5.74) is 5.42. The molecule has 4 saturated heterocycles. The molecule has 1 aromatic heterocycles. The lowest BCUT2D eigenvalue weighted by molar-refractivity contribution is -0.144. The molecule has 1 atom stereocenters. The van der Waals surface area contributed by atoms with Crippen molar-refractivity contribution in [3.63, 3.8) is 0 Å². The lowest BCUT2D eigenvalue weighted by Gasteiger charge is -2.49. The van der Waals surface area contributed by atoms with Crippen molar-refractivity contribution in [3.05, 3.63) is 83.0 Å². The number of aromatic nitrogens is 2. The predicted octanol–water partition coefficient (Wildman–Crippen LogP) is 7.42. The number of carbonyl (C=O) groups excluding carboxylic acids is 3. The summed E-state index contributed by atoms with van der Waals surface area (Å²) in [7, 11) is -3.58. The van der Waals surface area contributed by atoms with Crippen LogP contribution >= 0.6 is 11.6 Å². The minimum atomic E-state index is -3.58. The van der Waals surface area contributed by atoms with E-state index in [-0.39, 0.29) is 51.4 Å². The van der Waals surface area contributed by atoms with Gasteiger partial charge in [0.15, 0.2) is 15.7 Å². The summed E-state index contributed by atoms with van der Waals surface area (Å²) in [5, 5.41) is 11.7. The maximum Gasteiger partial charge on any atom is 0.249 e. The highest BCUT2D eigenvalue weighted by Gasteiger charge is 2.40. The largest absolute Gasteiger partial charge is 0.489 e. The Hall–Kier alpha value is -5.45. The van der Waals surface area contributed by atoms with Crippen molar-refractivity contribution in [3.8, 4) is 5.75 Å². The van der Waals surface area contributed by atoms with E-state index in [1.807, 2.05) is 38.1 Å². The standard InChI is InChI=1S/C48H60ClN9O6S/c1-29(2)64-42-25-37(31(5)24-41(42)53-48-50-26-38(49)45(55-48)52-39-8-6-7-9-43(39)65(62,63)30(3)4)32-16-20-57(21-17-32)36-27-58(28-36)47(61)33-18-22-56(23-19-33)35-12-10-34(11-13-35)51-40-14-15-44(59)54-46(40)60/h6-13,24-26,29-30,32-33,36,40,51H,14-23,27-28H2,1-5H3,(H,54,59,60)(H2,50,52,53,55). The van der Waals surface area contributed by atoms with Crippen molar-refractivity contribution in [2.24, 2.45) is 5.92 Å². The van der Waals surface area contributed by atoms with Gasteiger partial charge in [-0.15, -0.1) is 0 Å². The van der Waals surface area contributed by atoms with Crippen LogP contribution in [0.25, 0.3) is 0 Å². The summed E-state index contributed by atoms with van der Waals surface area (Å²) in [4.78, 5) is 53.4. The normalized spacial score (nSPS) is 19.3. The molecule has 17 heteroatoms. The van der Waals surface area contributed by atoms with E-state index in [0.29, 0.717) is 41.9 Å². The van der Waals surface area contributed by atoms with Crippen LogP contribution in [-0.4, -0.2) is 109 Å². The SMILES string of the molecule is Cc1cc(Nc2ncc(Cl)c(Nc3ccccc3S(=O)(=O)C(C)C)n2)c(OC(C)C)cc1C1CCN(C2CN(C(=O)C3CCN(c4ccc(NC5CCC(=O)NC5=O)cc4)CC3)C2)CC1. The number of benzene rings is 3. The van der Waals surface area contributed by atoms with E-state index in [9.17, 15) is 22.8 Å². The Balaban J connectivity index is 0.828. The smallest absolute Gasteiger partial charge is 0.249 e. The molecule has 4 aliphatic rings. The van der Waals surface area contributed by atoms with Crippen LogP contribution in [0.5, 0.6) is 5.75 Å². The van der Waals surface area contributed by atoms with Crippen LogP contribution in [0.2, 0.25) is 5.02 Å². The van der Waals surface area contributed by atoms with Crippen molar-refractivity contribution >= 4 is 73.7 Å².